The summed E-state index contributed by atoms with van der Waals surface area (Å²) in [5.41, 5.74) is 0.0662. The third kappa shape index (κ3) is 3.50. The Morgan fingerprint density at radius 2 is 2.07 bits per heavy atom. The number of thiophene rings is 1. The molecule has 0 aliphatic rings. The first kappa shape index (κ1) is 12.5. The van der Waals surface area contributed by atoms with E-state index in [1.54, 1.807) is 12.1 Å². The molecule has 1 unspecified atom stereocenters. The second-order valence-electron chi connectivity index (χ2n) is 4.66. The van der Waals surface area contributed by atoms with Gasteiger partial charge < -0.3 is 5.32 Å². The predicted octanol–water partition coefficient (Wildman–Crippen LogP) is 3.57. The average Bonchev–Trinajstić information content (AvgIpc) is 2.50. The van der Waals surface area contributed by atoms with Crippen molar-refractivity contribution in [1.82, 2.24) is 5.32 Å². The molecule has 1 N–H and O–H groups in total. The Bertz CT molecular complexity index is 354. The lowest BCUT2D eigenvalue weighted by molar-refractivity contribution is 0.0914. The van der Waals surface area contributed by atoms with Crippen LogP contribution < -0.4 is 5.32 Å². The van der Waals surface area contributed by atoms with Gasteiger partial charge in [-0.15, -0.1) is 11.3 Å². The summed E-state index contributed by atoms with van der Waals surface area (Å²) in [6, 6.07) is 3.62. The molecule has 2 nitrogen and oxygen atoms in total. The van der Waals surface area contributed by atoms with Gasteiger partial charge in [-0.05, 0) is 24.5 Å². The van der Waals surface area contributed by atoms with E-state index in [4.69, 9.17) is 11.6 Å². The first-order valence-electron chi connectivity index (χ1n) is 4.87. The summed E-state index contributed by atoms with van der Waals surface area (Å²) in [6.45, 7) is 8.30. The number of halogens is 1. The summed E-state index contributed by atoms with van der Waals surface area (Å²) < 4.78 is 0.642. The molecule has 1 aromatic heterocycles. The van der Waals surface area contributed by atoms with Crippen LogP contribution in [0.1, 0.15) is 37.4 Å². The highest BCUT2D eigenvalue weighted by atomic mass is 35.5. The molecule has 4 heteroatoms. The Labute approximate surface area is 99.6 Å². The fourth-order valence-electron chi connectivity index (χ4n) is 0.921. The van der Waals surface area contributed by atoms with Crippen molar-refractivity contribution < 1.29 is 4.79 Å². The highest BCUT2D eigenvalue weighted by molar-refractivity contribution is 7.17. The van der Waals surface area contributed by atoms with Gasteiger partial charge in [-0.25, -0.2) is 0 Å². The van der Waals surface area contributed by atoms with Crippen molar-refractivity contribution in [3.8, 4) is 0 Å². The van der Waals surface area contributed by atoms with Gasteiger partial charge in [0.1, 0.15) is 0 Å². The fraction of sp³-hybridized carbons (Fsp3) is 0.545. The minimum Gasteiger partial charge on any atom is -0.348 e. The summed E-state index contributed by atoms with van der Waals surface area (Å²) >= 11 is 7.07. The first-order chi connectivity index (χ1) is 6.80. The van der Waals surface area contributed by atoms with Gasteiger partial charge in [-0.3, -0.25) is 4.79 Å². The highest BCUT2D eigenvalue weighted by Crippen LogP contribution is 2.23. The Morgan fingerprint density at radius 3 is 2.47 bits per heavy atom. The number of carbonyl (C=O) groups is 1. The SMILES string of the molecule is CC(NC(=O)c1ccc(Cl)s1)C(C)(C)C. The van der Waals surface area contributed by atoms with Crippen molar-refractivity contribution in [2.75, 3.05) is 0 Å². The Morgan fingerprint density at radius 1 is 1.47 bits per heavy atom. The Balaban J connectivity index is 2.64. The number of amides is 1. The molecule has 1 amide bonds. The normalized spacial score (nSPS) is 13.7. The zero-order valence-corrected chi connectivity index (χ0v) is 11.0. The van der Waals surface area contributed by atoms with Crippen LogP contribution in [0.25, 0.3) is 0 Å². The van der Waals surface area contributed by atoms with E-state index in [-0.39, 0.29) is 17.4 Å². The molecule has 1 heterocycles. The zero-order chi connectivity index (χ0) is 11.6. The minimum absolute atomic E-state index is 0.0469. The van der Waals surface area contributed by atoms with Crippen molar-refractivity contribution in [2.45, 2.75) is 33.7 Å². The van der Waals surface area contributed by atoms with Gasteiger partial charge in [0.2, 0.25) is 0 Å². The zero-order valence-electron chi connectivity index (χ0n) is 9.43. The van der Waals surface area contributed by atoms with Crippen molar-refractivity contribution in [2.24, 2.45) is 5.41 Å². The largest absolute Gasteiger partial charge is 0.348 e. The molecule has 0 aromatic carbocycles. The molecule has 1 aromatic rings. The molecule has 0 aliphatic heterocycles. The molecule has 0 saturated heterocycles. The summed E-state index contributed by atoms with van der Waals surface area (Å²) in [7, 11) is 0. The molecule has 0 spiro atoms. The van der Waals surface area contributed by atoms with E-state index in [1.807, 2.05) is 6.92 Å². The second-order valence-corrected chi connectivity index (χ2v) is 6.38. The lowest BCUT2D eigenvalue weighted by Gasteiger charge is -2.27. The summed E-state index contributed by atoms with van der Waals surface area (Å²) in [5.74, 6) is -0.0469. The smallest absolute Gasteiger partial charge is 0.261 e. The van der Waals surface area contributed by atoms with Gasteiger partial charge in [-0.1, -0.05) is 32.4 Å². The average molecular weight is 246 g/mol. The van der Waals surface area contributed by atoms with Crippen LogP contribution in [0.3, 0.4) is 0 Å². The van der Waals surface area contributed by atoms with Crippen LogP contribution in [0, 0.1) is 5.41 Å². The van der Waals surface area contributed by atoms with E-state index in [9.17, 15) is 4.79 Å². The molecule has 1 rings (SSSR count). The van der Waals surface area contributed by atoms with E-state index >= 15 is 0 Å². The van der Waals surface area contributed by atoms with Crippen LogP contribution in [0.2, 0.25) is 4.34 Å². The van der Waals surface area contributed by atoms with Crippen LogP contribution in [-0.2, 0) is 0 Å². The molecular weight excluding hydrogens is 230 g/mol. The number of hydrogen-bond acceptors (Lipinski definition) is 2. The lowest BCUT2D eigenvalue weighted by Crippen LogP contribution is -2.41. The third-order valence-corrected chi connectivity index (χ3v) is 3.67. The van der Waals surface area contributed by atoms with Crippen LogP contribution in [-0.4, -0.2) is 11.9 Å². The summed E-state index contributed by atoms with van der Waals surface area (Å²) in [4.78, 5) is 12.4. The minimum atomic E-state index is -0.0469. The molecule has 1 atom stereocenters. The van der Waals surface area contributed by atoms with Crippen molar-refractivity contribution in [3.05, 3.63) is 21.3 Å². The van der Waals surface area contributed by atoms with E-state index in [1.165, 1.54) is 11.3 Å². The monoisotopic (exact) mass is 245 g/mol. The third-order valence-electron chi connectivity index (χ3n) is 2.44. The molecule has 0 bridgehead atoms. The highest BCUT2D eigenvalue weighted by Gasteiger charge is 2.22. The Hall–Kier alpha value is -0.540. The van der Waals surface area contributed by atoms with Gasteiger partial charge in [0.05, 0.1) is 9.21 Å². The fourth-order valence-corrected chi connectivity index (χ4v) is 1.87. The molecule has 0 radical (unpaired) electrons. The van der Waals surface area contributed by atoms with Gasteiger partial charge >= 0.3 is 0 Å². The van der Waals surface area contributed by atoms with Gasteiger partial charge in [0.25, 0.3) is 5.91 Å². The number of nitrogens with one attached hydrogen (secondary N) is 1. The van der Waals surface area contributed by atoms with E-state index in [0.29, 0.717) is 9.21 Å². The van der Waals surface area contributed by atoms with Crippen molar-refractivity contribution >= 4 is 28.8 Å². The molecule has 0 saturated carbocycles. The summed E-state index contributed by atoms with van der Waals surface area (Å²) in [5, 5.41) is 2.96. The maximum absolute atomic E-state index is 11.8. The van der Waals surface area contributed by atoms with Gasteiger partial charge in [0, 0.05) is 6.04 Å². The summed E-state index contributed by atoms with van der Waals surface area (Å²) in [6.07, 6.45) is 0. The molecule has 84 valence electrons. The topological polar surface area (TPSA) is 29.1 Å². The van der Waals surface area contributed by atoms with Crippen LogP contribution in [0.15, 0.2) is 12.1 Å². The van der Waals surface area contributed by atoms with Crippen molar-refractivity contribution in [3.63, 3.8) is 0 Å². The van der Waals surface area contributed by atoms with E-state index in [2.05, 4.69) is 26.1 Å². The molecule has 0 fully saturated rings. The van der Waals surface area contributed by atoms with E-state index < -0.39 is 0 Å². The number of hydrogen-bond donors (Lipinski definition) is 1. The van der Waals surface area contributed by atoms with Crippen LogP contribution in [0.4, 0.5) is 0 Å². The van der Waals surface area contributed by atoms with Gasteiger partial charge in [-0.2, -0.15) is 0 Å². The second kappa shape index (κ2) is 4.54. The molecule has 15 heavy (non-hydrogen) atoms. The number of carbonyl (C=O) groups excluding carboxylic acids is 1. The standard InChI is InChI=1S/C11H16ClNOS/c1-7(11(2,3)4)13-10(14)8-5-6-9(12)15-8/h5-7H,1-4H3,(H,13,14). The van der Waals surface area contributed by atoms with Crippen molar-refractivity contribution in [1.29, 1.82) is 0 Å². The van der Waals surface area contributed by atoms with Crippen LogP contribution in [0.5, 0.6) is 0 Å². The Kier molecular flexibility index (Phi) is 3.79. The van der Waals surface area contributed by atoms with Crippen LogP contribution >= 0.6 is 22.9 Å². The predicted molar refractivity (Wildman–Crippen MR) is 65.7 cm³/mol. The number of rotatable bonds is 2. The quantitative estimate of drug-likeness (QED) is 0.848. The first-order valence-corrected chi connectivity index (χ1v) is 6.06. The van der Waals surface area contributed by atoms with E-state index in [0.717, 1.165) is 0 Å². The lowest BCUT2D eigenvalue weighted by atomic mass is 9.88. The molecular formula is C11H16ClNOS. The maximum atomic E-state index is 11.8. The molecule has 0 aliphatic carbocycles. The maximum Gasteiger partial charge on any atom is 0.261 e. The van der Waals surface area contributed by atoms with Gasteiger partial charge in [0.15, 0.2) is 0 Å².